The molecule has 1 aliphatic carbocycles. The number of ketones is 3. The fourth-order valence-electron chi connectivity index (χ4n) is 4.84. The van der Waals surface area contributed by atoms with Crippen LogP contribution in [0.5, 0.6) is 0 Å². The van der Waals surface area contributed by atoms with Gasteiger partial charge in [-0.05, 0) is 37.5 Å². The Morgan fingerprint density at radius 2 is 1.33 bits per heavy atom. The Morgan fingerprint density at radius 1 is 0.848 bits per heavy atom. The zero-order valence-electron chi connectivity index (χ0n) is 19.7. The summed E-state index contributed by atoms with van der Waals surface area (Å²) in [6.07, 6.45) is 2.11. The maximum Gasteiger partial charge on any atom is 0.336 e. The van der Waals surface area contributed by atoms with E-state index in [0.29, 0.717) is 12.3 Å². The first kappa shape index (κ1) is 24.6. The van der Waals surface area contributed by atoms with E-state index in [-0.39, 0.29) is 23.0 Å². The number of rotatable bonds is 8. The zero-order valence-corrected chi connectivity index (χ0v) is 19.7. The molecule has 0 bridgehead atoms. The molecule has 33 heavy (non-hydrogen) atoms. The van der Waals surface area contributed by atoms with Crippen molar-refractivity contribution in [1.82, 2.24) is 0 Å². The van der Waals surface area contributed by atoms with Crippen LogP contribution in [0.15, 0.2) is 60.7 Å². The smallest absolute Gasteiger partial charge is 0.336 e. The fourth-order valence-corrected chi connectivity index (χ4v) is 4.84. The lowest BCUT2D eigenvalue weighted by Gasteiger charge is -2.38. The Labute approximate surface area is 195 Å². The molecular weight excluding hydrogens is 416 g/mol. The summed E-state index contributed by atoms with van der Waals surface area (Å²) in [7, 11) is 0. The lowest BCUT2D eigenvalue weighted by Crippen LogP contribution is -2.54. The van der Waals surface area contributed by atoms with Crippen molar-refractivity contribution in [3.05, 3.63) is 71.8 Å². The Morgan fingerprint density at radius 3 is 1.76 bits per heavy atom. The van der Waals surface area contributed by atoms with Gasteiger partial charge in [0.2, 0.25) is 0 Å². The summed E-state index contributed by atoms with van der Waals surface area (Å²) in [5.41, 5.74) is -2.34. The molecule has 0 spiro atoms. The molecule has 1 fully saturated rings. The van der Waals surface area contributed by atoms with Gasteiger partial charge in [0.1, 0.15) is 6.10 Å². The first-order valence-electron chi connectivity index (χ1n) is 11.6. The zero-order chi connectivity index (χ0) is 24.2. The minimum absolute atomic E-state index is 0.105. The second kappa shape index (κ2) is 10.2. The van der Waals surface area contributed by atoms with Crippen molar-refractivity contribution in [2.75, 3.05) is 0 Å². The maximum atomic E-state index is 13.8. The summed E-state index contributed by atoms with van der Waals surface area (Å²) >= 11 is 0. The molecular formula is C28H32O5. The molecule has 0 saturated heterocycles. The molecule has 0 unspecified atom stereocenters. The number of hydrogen-bond acceptors (Lipinski definition) is 5. The molecule has 0 aromatic heterocycles. The first-order chi connectivity index (χ1) is 15.7. The summed E-state index contributed by atoms with van der Waals surface area (Å²) < 4.78 is 5.95. The monoisotopic (exact) mass is 448 g/mol. The average molecular weight is 449 g/mol. The van der Waals surface area contributed by atoms with Gasteiger partial charge in [-0.2, -0.15) is 0 Å². The van der Waals surface area contributed by atoms with Gasteiger partial charge < -0.3 is 4.74 Å². The number of ether oxygens (including phenoxy) is 1. The number of hydrogen-bond donors (Lipinski definition) is 0. The first-order valence-corrected chi connectivity index (χ1v) is 11.6. The number of benzene rings is 2. The van der Waals surface area contributed by atoms with Crippen molar-refractivity contribution in [2.24, 2.45) is 23.2 Å². The molecule has 0 heterocycles. The molecule has 2 aromatic carbocycles. The third kappa shape index (κ3) is 4.82. The molecule has 5 nitrogen and oxygen atoms in total. The number of carbonyl (C=O) groups is 4. The molecule has 3 atom stereocenters. The van der Waals surface area contributed by atoms with E-state index in [1.54, 1.807) is 36.4 Å². The van der Waals surface area contributed by atoms with Crippen molar-refractivity contribution in [2.45, 2.75) is 53.1 Å². The SMILES string of the molecule is CC(=O)C(C(=O)O[C@@H]1C[C@H](C)CC[C@@H]1C(C)C)(C(=O)c1ccccc1)C(=O)c1ccccc1. The Bertz CT molecular complexity index is 958. The van der Waals surface area contributed by atoms with Gasteiger partial charge in [-0.3, -0.25) is 14.4 Å². The fraction of sp³-hybridized carbons (Fsp3) is 0.429. The van der Waals surface area contributed by atoms with Gasteiger partial charge >= 0.3 is 5.97 Å². The highest BCUT2D eigenvalue weighted by atomic mass is 16.5. The largest absolute Gasteiger partial charge is 0.461 e. The van der Waals surface area contributed by atoms with Crippen LogP contribution in [0.4, 0.5) is 0 Å². The molecule has 0 aliphatic heterocycles. The van der Waals surface area contributed by atoms with E-state index in [4.69, 9.17) is 4.74 Å². The normalized spacial score (nSPS) is 20.8. The van der Waals surface area contributed by atoms with Crippen LogP contribution in [0.25, 0.3) is 0 Å². The highest BCUT2D eigenvalue weighted by molar-refractivity contribution is 6.43. The number of Topliss-reactive ketones (excluding diaryl/α,β-unsaturated/α-hetero) is 3. The van der Waals surface area contributed by atoms with Gasteiger partial charge in [0.05, 0.1) is 0 Å². The Balaban J connectivity index is 2.10. The molecule has 2 aromatic rings. The second-order valence-electron chi connectivity index (χ2n) is 9.47. The van der Waals surface area contributed by atoms with Crippen molar-refractivity contribution in [3.63, 3.8) is 0 Å². The van der Waals surface area contributed by atoms with Crippen LogP contribution in [0.1, 0.15) is 67.7 Å². The van der Waals surface area contributed by atoms with E-state index >= 15 is 0 Å². The van der Waals surface area contributed by atoms with Gasteiger partial charge in [0.15, 0.2) is 17.3 Å². The van der Waals surface area contributed by atoms with Gasteiger partial charge in [0.25, 0.3) is 5.41 Å². The average Bonchev–Trinajstić information content (AvgIpc) is 2.80. The maximum absolute atomic E-state index is 13.8. The Hall–Kier alpha value is -3.08. The van der Waals surface area contributed by atoms with E-state index in [0.717, 1.165) is 19.8 Å². The van der Waals surface area contributed by atoms with Gasteiger partial charge in [-0.1, -0.05) is 87.9 Å². The summed E-state index contributed by atoms with van der Waals surface area (Å²) in [6.45, 7) is 7.36. The van der Waals surface area contributed by atoms with Crippen LogP contribution in [0.3, 0.4) is 0 Å². The molecule has 174 valence electrons. The van der Waals surface area contributed by atoms with Gasteiger partial charge in [-0.25, -0.2) is 4.79 Å². The molecule has 0 amide bonds. The highest BCUT2D eigenvalue weighted by Gasteiger charge is 2.59. The minimum atomic E-state index is -2.58. The topological polar surface area (TPSA) is 77.5 Å². The summed E-state index contributed by atoms with van der Waals surface area (Å²) in [5, 5.41) is 0. The Kier molecular flexibility index (Phi) is 7.62. The molecule has 1 saturated carbocycles. The van der Waals surface area contributed by atoms with E-state index in [9.17, 15) is 19.2 Å². The van der Waals surface area contributed by atoms with Crippen LogP contribution in [-0.2, 0) is 14.3 Å². The quantitative estimate of drug-likeness (QED) is 0.310. The number of carbonyl (C=O) groups excluding carboxylic acids is 4. The van der Waals surface area contributed by atoms with E-state index in [1.165, 1.54) is 24.3 Å². The van der Waals surface area contributed by atoms with Crippen molar-refractivity contribution in [3.8, 4) is 0 Å². The van der Waals surface area contributed by atoms with Gasteiger partial charge in [0, 0.05) is 11.1 Å². The molecule has 5 heteroatoms. The van der Waals surface area contributed by atoms with Crippen LogP contribution >= 0.6 is 0 Å². The molecule has 3 rings (SSSR count). The third-order valence-electron chi connectivity index (χ3n) is 6.81. The standard InChI is InChI=1S/C28H32O5/c1-18(2)23-16-15-19(3)17-24(23)33-27(32)28(20(4)29,25(30)21-11-7-5-8-12-21)26(31)22-13-9-6-10-14-22/h5-14,18-19,23-24H,15-17H2,1-4H3/t19-,23-,24-/m1/s1. The molecule has 0 N–H and O–H groups in total. The third-order valence-corrected chi connectivity index (χ3v) is 6.81. The lowest BCUT2D eigenvalue weighted by atomic mass is 9.71. The predicted octanol–water partition coefficient (Wildman–Crippen LogP) is 5.33. The predicted molar refractivity (Wildman–Crippen MR) is 126 cm³/mol. The summed E-state index contributed by atoms with van der Waals surface area (Å²) in [4.78, 5) is 54.4. The molecule has 1 aliphatic rings. The lowest BCUT2D eigenvalue weighted by molar-refractivity contribution is -0.164. The minimum Gasteiger partial charge on any atom is -0.461 e. The second-order valence-corrected chi connectivity index (χ2v) is 9.47. The van der Waals surface area contributed by atoms with Crippen LogP contribution in [0.2, 0.25) is 0 Å². The van der Waals surface area contributed by atoms with Crippen molar-refractivity contribution < 1.29 is 23.9 Å². The van der Waals surface area contributed by atoms with Crippen molar-refractivity contribution >= 4 is 23.3 Å². The van der Waals surface area contributed by atoms with Crippen LogP contribution in [-0.4, -0.2) is 29.4 Å². The highest BCUT2D eigenvalue weighted by Crippen LogP contribution is 2.38. The van der Waals surface area contributed by atoms with E-state index in [2.05, 4.69) is 20.8 Å². The summed E-state index contributed by atoms with van der Waals surface area (Å²) in [5.74, 6) is -2.88. The van der Waals surface area contributed by atoms with E-state index in [1.807, 2.05) is 0 Å². The number of esters is 1. The van der Waals surface area contributed by atoms with E-state index < -0.39 is 34.8 Å². The molecule has 0 radical (unpaired) electrons. The van der Waals surface area contributed by atoms with Crippen molar-refractivity contribution in [1.29, 1.82) is 0 Å². The van der Waals surface area contributed by atoms with Crippen LogP contribution < -0.4 is 0 Å². The van der Waals surface area contributed by atoms with Gasteiger partial charge in [-0.15, -0.1) is 0 Å². The summed E-state index contributed by atoms with van der Waals surface area (Å²) in [6, 6.07) is 16.0. The van der Waals surface area contributed by atoms with Crippen LogP contribution in [0, 0.1) is 23.2 Å².